The van der Waals surface area contributed by atoms with Gasteiger partial charge in [-0.05, 0) is 105 Å². The third-order valence-electron chi connectivity index (χ3n) is 10.4. The van der Waals surface area contributed by atoms with Crippen molar-refractivity contribution in [1.29, 1.82) is 0 Å². The molecule has 4 fully saturated rings. The van der Waals surface area contributed by atoms with Crippen molar-refractivity contribution in [3.63, 3.8) is 0 Å². The molecule has 0 spiro atoms. The minimum Gasteiger partial charge on any atom is -0.330 e. The molecule has 2 heteroatoms. The third-order valence-corrected chi connectivity index (χ3v) is 10.4. The zero-order valence-electron chi connectivity index (χ0n) is 17.7. The van der Waals surface area contributed by atoms with E-state index in [1.807, 2.05) is 0 Å². The van der Waals surface area contributed by atoms with Gasteiger partial charge < -0.3 is 11.5 Å². The maximum absolute atomic E-state index is 7.56. The van der Waals surface area contributed by atoms with Crippen molar-refractivity contribution in [3.05, 3.63) is 0 Å². The van der Waals surface area contributed by atoms with Crippen molar-refractivity contribution in [2.45, 2.75) is 103 Å². The van der Waals surface area contributed by atoms with Crippen LogP contribution >= 0.6 is 0 Å². The zero-order valence-corrected chi connectivity index (χ0v) is 17.7. The van der Waals surface area contributed by atoms with Gasteiger partial charge in [-0.1, -0.05) is 40.0 Å². The lowest BCUT2D eigenvalue weighted by Gasteiger charge is -2.67. The number of nitrogens with two attached hydrogens (primary N) is 2. The summed E-state index contributed by atoms with van der Waals surface area (Å²) in [6.07, 6.45) is 16.6. The van der Waals surface area contributed by atoms with E-state index < -0.39 is 0 Å². The van der Waals surface area contributed by atoms with E-state index in [9.17, 15) is 0 Å². The van der Waals surface area contributed by atoms with Crippen LogP contribution in [0.15, 0.2) is 0 Å². The van der Waals surface area contributed by atoms with E-state index in [-0.39, 0.29) is 5.54 Å². The predicted molar refractivity (Wildman–Crippen MR) is 111 cm³/mol. The highest BCUT2D eigenvalue weighted by molar-refractivity contribution is 5.19. The van der Waals surface area contributed by atoms with Gasteiger partial charge in [0.05, 0.1) is 0 Å². The van der Waals surface area contributed by atoms with Gasteiger partial charge in [0.2, 0.25) is 0 Å². The Morgan fingerprint density at radius 1 is 0.923 bits per heavy atom. The first-order valence-corrected chi connectivity index (χ1v) is 11.9. The van der Waals surface area contributed by atoms with E-state index >= 15 is 0 Å². The molecule has 4 N–H and O–H groups in total. The van der Waals surface area contributed by atoms with Gasteiger partial charge in [0.25, 0.3) is 0 Å². The van der Waals surface area contributed by atoms with Gasteiger partial charge in [-0.25, -0.2) is 0 Å². The van der Waals surface area contributed by atoms with Crippen molar-refractivity contribution in [1.82, 2.24) is 0 Å². The molecule has 150 valence electrons. The summed E-state index contributed by atoms with van der Waals surface area (Å²) >= 11 is 0. The van der Waals surface area contributed by atoms with Crippen LogP contribution in [0.2, 0.25) is 0 Å². The minimum atomic E-state index is 0.105. The van der Waals surface area contributed by atoms with Gasteiger partial charge in [0.15, 0.2) is 0 Å². The van der Waals surface area contributed by atoms with Crippen molar-refractivity contribution in [3.8, 4) is 0 Å². The molecule has 0 aromatic heterocycles. The molecule has 2 nitrogen and oxygen atoms in total. The Labute approximate surface area is 162 Å². The molecule has 4 aliphatic carbocycles. The molecule has 0 aromatic carbocycles. The average molecular weight is 361 g/mol. The van der Waals surface area contributed by atoms with Crippen molar-refractivity contribution >= 4 is 0 Å². The molecule has 0 aliphatic heterocycles. The van der Waals surface area contributed by atoms with Gasteiger partial charge >= 0.3 is 0 Å². The number of hydrogen-bond acceptors (Lipinski definition) is 2. The molecule has 4 rings (SSSR count). The lowest BCUT2D eigenvalue weighted by Crippen LogP contribution is -2.69. The van der Waals surface area contributed by atoms with E-state index in [1.54, 1.807) is 0 Å². The number of rotatable bonds is 4. The molecular formula is C24H44N2. The lowest BCUT2D eigenvalue weighted by molar-refractivity contribution is -0.149. The summed E-state index contributed by atoms with van der Waals surface area (Å²) in [5, 5.41) is 0. The predicted octanol–water partition coefficient (Wildman–Crippen LogP) is 5.49. The van der Waals surface area contributed by atoms with Crippen LogP contribution in [0.5, 0.6) is 0 Å². The normalized spacial score (nSPS) is 53.7. The molecule has 0 amide bonds. The summed E-state index contributed by atoms with van der Waals surface area (Å²) in [4.78, 5) is 0. The van der Waals surface area contributed by atoms with E-state index in [4.69, 9.17) is 11.5 Å². The van der Waals surface area contributed by atoms with E-state index in [1.165, 1.54) is 77.0 Å². The monoisotopic (exact) mass is 360 g/mol. The first kappa shape index (κ1) is 19.2. The Kier molecular flexibility index (Phi) is 5.01. The maximum atomic E-state index is 7.56. The molecule has 0 radical (unpaired) electrons. The first-order chi connectivity index (χ1) is 12.4. The van der Waals surface area contributed by atoms with Crippen LogP contribution in [0.3, 0.4) is 0 Å². The Morgan fingerprint density at radius 3 is 2.42 bits per heavy atom. The zero-order chi connectivity index (χ0) is 18.6. The Hall–Kier alpha value is -0.0800. The van der Waals surface area contributed by atoms with Crippen molar-refractivity contribution in [2.24, 2.45) is 51.9 Å². The molecule has 6 unspecified atom stereocenters. The Morgan fingerprint density at radius 2 is 1.69 bits per heavy atom. The molecule has 4 aliphatic rings. The minimum absolute atomic E-state index is 0.105. The van der Waals surface area contributed by atoms with Crippen LogP contribution in [-0.4, -0.2) is 12.1 Å². The number of fused-ring (bicyclic) bond motifs is 5. The molecule has 0 saturated heterocycles. The molecule has 8 atom stereocenters. The summed E-state index contributed by atoms with van der Waals surface area (Å²) in [5.41, 5.74) is 14.5. The Bertz CT molecular complexity index is 518. The highest BCUT2D eigenvalue weighted by atomic mass is 14.9. The second-order valence-corrected chi connectivity index (χ2v) is 11.2. The fourth-order valence-electron chi connectivity index (χ4n) is 9.22. The van der Waals surface area contributed by atoms with Gasteiger partial charge in [-0.2, -0.15) is 0 Å². The average Bonchev–Trinajstić information content (AvgIpc) is 2.96. The maximum Gasteiger partial charge on any atom is 0.0224 e. The fraction of sp³-hybridized carbons (Fsp3) is 1.00. The fourth-order valence-corrected chi connectivity index (χ4v) is 9.22. The molecule has 0 bridgehead atoms. The highest BCUT2D eigenvalue weighted by Crippen LogP contribution is 2.69. The van der Waals surface area contributed by atoms with Crippen LogP contribution in [0.4, 0.5) is 0 Å². The summed E-state index contributed by atoms with van der Waals surface area (Å²) in [7, 11) is 0. The van der Waals surface area contributed by atoms with Crippen LogP contribution < -0.4 is 11.5 Å². The molecule has 0 aromatic rings. The van der Waals surface area contributed by atoms with Gasteiger partial charge in [0.1, 0.15) is 0 Å². The van der Waals surface area contributed by atoms with Crippen LogP contribution in [0, 0.1) is 40.4 Å². The molecule has 26 heavy (non-hydrogen) atoms. The quantitative estimate of drug-likeness (QED) is 0.696. The van der Waals surface area contributed by atoms with Crippen LogP contribution in [0.25, 0.3) is 0 Å². The summed E-state index contributed by atoms with van der Waals surface area (Å²) in [6.45, 7) is 8.57. The highest BCUT2D eigenvalue weighted by Gasteiger charge is 2.66. The van der Waals surface area contributed by atoms with E-state index in [2.05, 4.69) is 20.8 Å². The third kappa shape index (κ3) is 2.57. The SMILES string of the molecule is CC[C@H]1CC2(N)C3CCC(CCCN)C3(C)CC[C@@H]2C2(C)CCCCC12. The van der Waals surface area contributed by atoms with E-state index in [0.29, 0.717) is 10.8 Å². The summed E-state index contributed by atoms with van der Waals surface area (Å²) in [6, 6.07) is 0. The standard InChI is InChI=1S/C24H44N2/c1-4-17-16-24(26)20-11-10-18(8-7-15-25)22(20,2)14-12-21(24)23(3)13-6-5-9-19(17)23/h17-21H,4-16,25-26H2,1-3H3/t17-,18?,19?,20?,21+,22?,23?,24?/m0/s1. The molecule has 0 heterocycles. The Balaban J connectivity index is 1.67. The van der Waals surface area contributed by atoms with Crippen molar-refractivity contribution < 1.29 is 0 Å². The largest absolute Gasteiger partial charge is 0.330 e. The summed E-state index contributed by atoms with van der Waals surface area (Å²) < 4.78 is 0. The summed E-state index contributed by atoms with van der Waals surface area (Å²) in [5.74, 6) is 4.21. The van der Waals surface area contributed by atoms with Crippen LogP contribution in [0.1, 0.15) is 97.8 Å². The van der Waals surface area contributed by atoms with Crippen LogP contribution in [-0.2, 0) is 0 Å². The number of hydrogen-bond donors (Lipinski definition) is 2. The van der Waals surface area contributed by atoms with Gasteiger partial charge in [-0.3, -0.25) is 0 Å². The van der Waals surface area contributed by atoms with Gasteiger partial charge in [0, 0.05) is 5.54 Å². The smallest absolute Gasteiger partial charge is 0.0224 e. The topological polar surface area (TPSA) is 52.0 Å². The second-order valence-electron chi connectivity index (χ2n) is 11.2. The van der Waals surface area contributed by atoms with Gasteiger partial charge in [-0.15, -0.1) is 0 Å². The van der Waals surface area contributed by atoms with E-state index in [0.717, 1.165) is 36.1 Å². The second kappa shape index (κ2) is 6.76. The van der Waals surface area contributed by atoms with Crippen molar-refractivity contribution in [2.75, 3.05) is 6.54 Å². The molecule has 4 saturated carbocycles. The molecular weight excluding hydrogens is 316 g/mol. The lowest BCUT2D eigenvalue weighted by atomic mass is 9.40. The first-order valence-electron chi connectivity index (χ1n) is 11.9.